The van der Waals surface area contributed by atoms with Gasteiger partial charge in [-0.2, -0.15) is 18.2 Å². The van der Waals surface area contributed by atoms with E-state index >= 15 is 0 Å². The Morgan fingerprint density at radius 2 is 1.69 bits per heavy atom. The summed E-state index contributed by atoms with van der Waals surface area (Å²) in [6.45, 7) is -0.462. The molecule has 0 fully saturated rings. The topological polar surface area (TPSA) is 81.4 Å². The van der Waals surface area contributed by atoms with Crippen LogP contribution >= 0.6 is 0 Å². The molecule has 0 saturated heterocycles. The van der Waals surface area contributed by atoms with Gasteiger partial charge in [0.2, 0.25) is 0 Å². The number of aromatic nitrogens is 2. The highest BCUT2D eigenvalue weighted by Gasteiger charge is 2.35. The molecule has 0 unspecified atom stereocenters. The zero-order valence-corrected chi connectivity index (χ0v) is 17.2. The summed E-state index contributed by atoms with van der Waals surface area (Å²) in [6, 6.07) is 6.73. The molecular weight excluding hydrogens is 482 g/mol. The van der Waals surface area contributed by atoms with Crippen LogP contribution in [-0.4, -0.2) is 20.6 Å². The van der Waals surface area contributed by atoms with Gasteiger partial charge in [0.05, 0.1) is 34.9 Å². The first-order chi connectivity index (χ1) is 16.4. The van der Waals surface area contributed by atoms with Crippen LogP contribution in [0.25, 0.3) is 10.9 Å². The molecule has 0 spiro atoms. The second kappa shape index (κ2) is 8.78. The van der Waals surface area contributed by atoms with E-state index in [0.29, 0.717) is 18.2 Å². The standard InChI is InChI=1S/C23H12F6N2O4/c24-12-6-17(25)15(18(26)7-12)9-31-10-30-21(32)14-8-13(2-3-19(14)31)35-20-4-1-11(22(33)34)5-16(20)23(27,28)29/h1-8,10H,9H2,(H,33,34). The van der Waals surface area contributed by atoms with Gasteiger partial charge in [-0.05, 0) is 36.4 Å². The lowest BCUT2D eigenvalue weighted by Gasteiger charge is -2.15. The summed E-state index contributed by atoms with van der Waals surface area (Å²) in [5.41, 5.74) is -3.11. The molecular formula is C23H12F6N2O4. The van der Waals surface area contributed by atoms with Crippen molar-refractivity contribution in [3.8, 4) is 11.5 Å². The number of carboxylic acid groups (broad SMARTS) is 1. The number of fused-ring (bicyclic) bond motifs is 1. The van der Waals surface area contributed by atoms with Crippen LogP contribution in [-0.2, 0) is 12.7 Å². The predicted molar refractivity (Wildman–Crippen MR) is 110 cm³/mol. The first-order valence-corrected chi connectivity index (χ1v) is 9.69. The lowest BCUT2D eigenvalue weighted by molar-refractivity contribution is -0.138. The van der Waals surface area contributed by atoms with Gasteiger partial charge in [0.25, 0.3) is 5.56 Å². The summed E-state index contributed by atoms with van der Waals surface area (Å²) >= 11 is 0. The minimum Gasteiger partial charge on any atom is -0.478 e. The van der Waals surface area contributed by atoms with Crippen molar-refractivity contribution in [2.45, 2.75) is 12.7 Å². The van der Waals surface area contributed by atoms with E-state index in [4.69, 9.17) is 9.84 Å². The fraction of sp³-hybridized carbons (Fsp3) is 0.0870. The van der Waals surface area contributed by atoms with Crippen molar-refractivity contribution >= 4 is 16.9 Å². The van der Waals surface area contributed by atoms with Crippen molar-refractivity contribution in [1.29, 1.82) is 0 Å². The van der Waals surface area contributed by atoms with E-state index in [1.165, 1.54) is 16.7 Å². The van der Waals surface area contributed by atoms with Crippen LogP contribution in [0.1, 0.15) is 21.5 Å². The molecule has 1 N–H and O–H groups in total. The third kappa shape index (κ3) is 4.81. The Kier molecular flexibility index (Phi) is 5.97. The number of hydrogen-bond acceptors (Lipinski definition) is 4. The molecule has 0 radical (unpaired) electrons. The van der Waals surface area contributed by atoms with Crippen molar-refractivity contribution in [3.63, 3.8) is 0 Å². The van der Waals surface area contributed by atoms with Gasteiger partial charge in [-0.25, -0.2) is 18.0 Å². The normalized spacial score (nSPS) is 11.6. The van der Waals surface area contributed by atoms with Gasteiger partial charge in [-0.1, -0.05) is 0 Å². The highest BCUT2D eigenvalue weighted by molar-refractivity contribution is 5.88. The molecule has 1 aromatic heterocycles. The number of rotatable bonds is 5. The smallest absolute Gasteiger partial charge is 0.420 e. The molecule has 0 bridgehead atoms. The van der Waals surface area contributed by atoms with Crippen LogP contribution in [0.15, 0.2) is 59.7 Å². The summed E-state index contributed by atoms with van der Waals surface area (Å²) < 4.78 is 88.1. The number of aromatic carboxylic acids is 1. The Labute approximate surface area is 191 Å². The van der Waals surface area contributed by atoms with Crippen LogP contribution in [0.2, 0.25) is 0 Å². The zero-order valence-electron chi connectivity index (χ0n) is 17.2. The number of carbonyl (C=O) groups is 1. The molecule has 0 atom stereocenters. The highest BCUT2D eigenvalue weighted by Crippen LogP contribution is 2.39. The molecule has 0 amide bonds. The Morgan fingerprint density at radius 3 is 2.31 bits per heavy atom. The van der Waals surface area contributed by atoms with E-state index in [-0.39, 0.29) is 16.7 Å². The number of nitrogens with zero attached hydrogens (tertiary/aromatic N) is 2. The maximum absolute atomic E-state index is 14.1. The average Bonchev–Trinajstić information content (AvgIpc) is 2.77. The van der Waals surface area contributed by atoms with Crippen molar-refractivity contribution in [1.82, 2.24) is 9.55 Å². The number of alkyl halides is 3. The van der Waals surface area contributed by atoms with Crippen molar-refractivity contribution in [2.75, 3.05) is 0 Å². The van der Waals surface area contributed by atoms with Crippen molar-refractivity contribution in [2.24, 2.45) is 0 Å². The number of halogens is 6. The molecule has 0 aliphatic carbocycles. The lowest BCUT2D eigenvalue weighted by Crippen LogP contribution is -2.14. The minimum absolute atomic E-state index is 0.123. The highest BCUT2D eigenvalue weighted by atomic mass is 19.4. The fourth-order valence-corrected chi connectivity index (χ4v) is 3.37. The SMILES string of the molecule is O=C(O)c1ccc(Oc2ccc3c(c2)c(=O)ncn3Cc2c(F)cc(F)cc2F)c(C(F)(F)F)c1. The van der Waals surface area contributed by atoms with Crippen LogP contribution in [0.3, 0.4) is 0 Å². The van der Waals surface area contributed by atoms with Gasteiger partial charge in [-0.3, -0.25) is 4.79 Å². The van der Waals surface area contributed by atoms with Crippen molar-refractivity contribution < 1.29 is 41.0 Å². The molecule has 4 aromatic rings. The van der Waals surface area contributed by atoms with Crippen LogP contribution in [0.4, 0.5) is 26.3 Å². The monoisotopic (exact) mass is 494 g/mol. The van der Waals surface area contributed by atoms with Gasteiger partial charge in [0, 0.05) is 17.7 Å². The summed E-state index contributed by atoms with van der Waals surface area (Å²) in [4.78, 5) is 26.9. The molecule has 0 aliphatic rings. The second-order valence-electron chi connectivity index (χ2n) is 7.32. The molecule has 0 aliphatic heterocycles. The van der Waals surface area contributed by atoms with Gasteiger partial charge in [0.1, 0.15) is 29.0 Å². The molecule has 1 heterocycles. The van der Waals surface area contributed by atoms with Gasteiger partial charge < -0.3 is 14.4 Å². The maximum Gasteiger partial charge on any atom is 0.420 e. The molecule has 4 rings (SSSR count). The number of hydrogen-bond donors (Lipinski definition) is 1. The first-order valence-electron chi connectivity index (χ1n) is 9.69. The molecule has 0 saturated carbocycles. The number of ether oxygens (including phenoxy) is 1. The largest absolute Gasteiger partial charge is 0.478 e. The molecule has 3 aromatic carbocycles. The minimum atomic E-state index is -4.94. The third-order valence-corrected chi connectivity index (χ3v) is 5.02. The zero-order chi connectivity index (χ0) is 25.5. The van der Waals surface area contributed by atoms with Crippen LogP contribution in [0, 0.1) is 17.5 Å². The van der Waals surface area contributed by atoms with E-state index in [0.717, 1.165) is 24.5 Å². The number of carboxylic acids is 1. The molecule has 12 heteroatoms. The Morgan fingerprint density at radius 1 is 1.00 bits per heavy atom. The van der Waals surface area contributed by atoms with Gasteiger partial charge in [0.15, 0.2) is 0 Å². The first kappa shape index (κ1) is 23.8. The quantitative estimate of drug-likeness (QED) is 0.378. The van der Waals surface area contributed by atoms with E-state index in [1.54, 1.807) is 0 Å². The van der Waals surface area contributed by atoms with Crippen LogP contribution < -0.4 is 10.3 Å². The Hall–Kier alpha value is -4.35. The van der Waals surface area contributed by atoms with Crippen molar-refractivity contribution in [3.05, 3.63) is 99.4 Å². The summed E-state index contributed by atoms with van der Waals surface area (Å²) in [5.74, 6) is -5.89. The molecule has 180 valence electrons. The Balaban J connectivity index is 1.75. The van der Waals surface area contributed by atoms with E-state index in [2.05, 4.69) is 4.98 Å². The molecule has 6 nitrogen and oxygen atoms in total. The van der Waals surface area contributed by atoms with E-state index in [9.17, 15) is 35.9 Å². The van der Waals surface area contributed by atoms with Gasteiger partial charge in [-0.15, -0.1) is 0 Å². The maximum atomic E-state index is 14.1. The van der Waals surface area contributed by atoms with Crippen LogP contribution in [0.5, 0.6) is 11.5 Å². The second-order valence-corrected chi connectivity index (χ2v) is 7.32. The predicted octanol–water partition coefficient (Wildman–Crippen LogP) is 5.37. The van der Waals surface area contributed by atoms with E-state index in [1.807, 2.05) is 0 Å². The number of benzene rings is 3. The summed E-state index contributed by atoms with van der Waals surface area (Å²) in [7, 11) is 0. The average molecular weight is 494 g/mol. The Bertz CT molecular complexity index is 1510. The third-order valence-electron chi connectivity index (χ3n) is 5.02. The summed E-state index contributed by atoms with van der Waals surface area (Å²) in [6.07, 6.45) is -3.92. The van der Waals surface area contributed by atoms with Gasteiger partial charge >= 0.3 is 12.1 Å². The van der Waals surface area contributed by atoms with E-state index < -0.39 is 64.1 Å². The summed E-state index contributed by atoms with van der Waals surface area (Å²) in [5, 5.41) is 8.83. The fourth-order valence-electron chi connectivity index (χ4n) is 3.37. The lowest BCUT2D eigenvalue weighted by atomic mass is 10.1. The molecule has 35 heavy (non-hydrogen) atoms.